The Morgan fingerprint density at radius 1 is 1.20 bits per heavy atom. The lowest BCUT2D eigenvalue weighted by atomic mass is 10.3. The zero-order valence-corrected chi connectivity index (χ0v) is 15.6. The molecule has 0 aliphatic heterocycles. The summed E-state index contributed by atoms with van der Waals surface area (Å²) in [4.78, 5) is 0.755. The van der Waals surface area contributed by atoms with Gasteiger partial charge in [-0.25, -0.2) is 8.42 Å². The summed E-state index contributed by atoms with van der Waals surface area (Å²) < 4.78 is 38.3. The summed E-state index contributed by atoms with van der Waals surface area (Å²) >= 11 is 7.29. The molecule has 0 unspecified atom stereocenters. The Bertz CT molecular complexity index is 984. The number of nitrogens with one attached hydrogen (secondary N) is 2. The van der Waals surface area contributed by atoms with Crippen molar-refractivity contribution in [2.75, 3.05) is 18.9 Å². The minimum atomic E-state index is -3.83. The van der Waals surface area contributed by atoms with Crippen LogP contribution in [-0.2, 0) is 10.0 Å². The first-order valence-electron chi connectivity index (χ1n) is 6.98. The van der Waals surface area contributed by atoms with Crippen LogP contribution in [0.15, 0.2) is 40.7 Å². The molecule has 7 nitrogen and oxygen atoms in total. The number of thiophene rings is 1. The van der Waals surface area contributed by atoms with Crippen LogP contribution in [0.2, 0.25) is 5.02 Å². The van der Waals surface area contributed by atoms with Gasteiger partial charge in [0.2, 0.25) is 0 Å². The molecule has 0 spiro atoms. The van der Waals surface area contributed by atoms with Crippen molar-refractivity contribution < 1.29 is 17.9 Å². The van der Waals surface area contributed by atoms with E-state index in [0.717, 1.165) is 21.9 Å². The molecule has 2 N–H and O–H groups in total. The molecule has 2 heterocycles. The monoisotopic (exact) mass is 399 g/mol. The van der Waals surface area contributed by atoms with E-state index in [1.54, 1.807) is 24.4 Å². The van der Waals surface area contributed by atoms with Crippen LogP contribution in [0.4, 0.5) is 5.69 Å². The second-order valence-electron chi connectivity index (χ2n) is 4.88. The summed E-state index contributed by atoms with van der Waals surface area (Å²) in [6, 6.07) is 8.05. The third-order valence-electron chi connectivity index (χ3n) is 3.33. The van der Waals surface area contributed by atoms with E-state index >= 15 is 0 Å². The van der Waals surface area contributed by atoms with Crippen molar-refractivity contribution in [3.63, 3.8) is 0 Å². The fourth-order valence-corrected chi connectivity index (χ4v) is 4.80. The van der Waals surface area contributed by atoms with Crippen molar-refractivity contribution in [2.24, 2.45) is 0 Å². The number of ether oxygens (including phenoxy) is 2. The smallest absolute Gasteiger partial charge is 0.271 e. The summed E-state index contributed by atoms with van der Waals surface area (Å²) in [5, 5.41) is 6.83. The topological polar surface area (TPSA) is 93.3 Å². The van der Waals surface area contributed by atoms with Crippen molar-refractivity contribution in [3.8, 4) is 22.1 Å². The number of hydrogen-bond donors (Lipinski definition) is 2. The van der Waals surface area contributed by atoms with Crippen LogP contribution in [0.5, 0.6) is 11.5 Å². The maximum Gasteiger partial charge on any atom is 0.271 e. The first-order valence-corrected chi connectivity index (χ1v) is 9.66. The van der Waals surface area contributed by atoms with E-state index in [1.807, 2.05) is 0 Å². The average Bonchev–Trinajstić information content (AvgIpc) is 3.27. The molecule has 0 aliphatic carbocycles. The summed E-state index contributed by atoms with van der Waals surface area (Å²) in [6.07, 6.45) is 1.60. The summed E-state index contributed by atoms with van der Waals surface area (Å²) in [5.41, 5.74) is 0.896. The molecule has 0 amide bonds. The van der Waals surface area contributed by atoms with E-state index in [-0.39, 0.29) is 20.7 Å². The largest absolute Gasteiger partial charge is 0.497 e. The van der Waals surface area contributed by atoms with E-state index in [0.29, 0.717) is 5.75 Å². The van der Waals surface area contributed by atoms with Gasteiger partial charge < -0.3 is 9.47 Å². The van der Waals surface area contributed by atoms with E-state index in [1.165, 1.54) is 26.4 Å². The first kappa shape index (κ1) is 17.6. The van der Waals surface area contributed by atoms with Gasteiger partial charge in [0, 0.05) is 18.3 Å². The highest BCUT2D eigenvalue weighted by Crippen LogP contribution is 2.39. The number of rotatable bonds is 6. The van der Waals surface area contributed by atoms with Gasteiger partial charge in [-0.2, -0.15) is 5.10 Å². The molecule has 3 aromatic rings. The van der Waals surface area contributed by atoms with Crippen LogP contribution in [0.25, 0.3) is 10.6 Å². The molecule has 3 rings (SSSR count). The third kappa shape index (κ3) is 3.58. The number of aromatic amines is 1. The van der Waals surface area contributed by atoms with Crippen molar-refractivity contribution in [1.29, 1.82) is 0 Å². The SMILES string of the molecule is COc1cc(Cl)c(NS(=O)(=O)c2ccc(-c3ccn[nH]3)s2)c(OC)c1. The molecule has 0 bridgehead atoms. The number of sulfonamides is 1. The molecule has 0 fully saturated rings. The maximum absolute atomic E-state index is 12.7. The Kier molecular flexibility index (Phi) is 4.89. The second-order valence-corrected chi connectivity index (χ2v) is 8.28. The van der Waals surface area contributed by atoms with E-state index in [2.05, 4.69) is 14.9 Å². The highest BCUT2D eigenvalue weighted by atomic mass is 35.5. The van der Waals surface area contributed by atoms with Gasteiger partial charge in [0.05, 0.1) is 29.8 Å². The fraction of sp³-hybridized carbons (Fsp3) is 0.133. The number of benzene rings is 1. The zero-order valence-electron chi connectivity index (χ0n) is 13.2. The minimum Gasteiger partial charge on any atom is -0.497 e. The lowest BCUT2D eigenvalue weighted by molar-refractivity contribution is 0.395. The lowest BCUT2D eigenvalue weighted by Gasteiger charge is -2.14. The van der Waals surface area contributed by atoms with E-state index in [4.69, 9.17) is 21.1 Å². The number of H-pyrrole nitrogens is 1. The molecule has 2 aromatic heterocycles. The molecular formula is C15H14ClN3O4S2. The average molecular weight is 400 g/mol. The van der Waals surface area contributed by atoms with Gasteiger partial charge in [0.1, 0.15) is 21.4 Å². The predicted molar refractivity (Wildman–Crippen MR) is 97.3 cm³/mol. The fourth-order valence-electron chi connectivity index (χ4n) is 2.12. The highest BCUT2D eigenvalue weighted by molar-refractivity contribution is 7.94. The number of nitrogens with zero attached hydrogens (tertiary/aromatic N) is 1. The Morgan fingerprint density at radius 2 is 2.00 bits per heavy atom. The number of methoxy groups -OCH3 is 2. The first-order chi connectivity index (χ1) is 11.9. The molecule has 0 saturated heterocycles. The third-order valence-corrected chi connectivity index (χ3v) is 6.59. The van der Waals surface area contributed by atoms with E-state index < -0.39 is 10.0 Å². The maximum atomic E-state index is 12.7. The van der Waals surface area contributed by atoms with Crippen LogP contribution in [0.3, 0.4) is 0 Å². The Balaban J connectivity index is 1.95. The quantitative estimate of drug-likeness (QED) is 0.660. The minimum absolute atomic E-state index is 0.144. The summed E-state index contributed by atoms with van der Waals surface area (Å²) in [6.45, 7) is 0. The number of halogens is 1. The Morgan fingerprint density at radius 3 is 2.64 bits per heavy atom. The number of hydrogen-bond acceptors (Lipinski definition) is 6. The van der Waals surface area contributed by atoms with Crippen molar-refractivity contribution >= 4 is 38.6 Å². The Labute approximate surface area is 153 Å². The highest BCUT2D eigenvalue weighted by Gasteiger charge is 2.22. The van der Waals surface area contributed by atoms with Crippen LogP contribution in [-0.4, -0.2) is 32.8 Å². The van der Waals surface area contributed by atoms with Gasteiger partial charge in [-0.3, -0.25) is 9.82 Å². The zero-order chi connectivity index (χ0) is 18.0. The summed E-state index contributed by atoms with van der Waals surface area (Å²) in [7, 11) is -0.925. The van der Waals surface area contributed by atoms with Crippen LogP contribution >= 0.6 is 22.9 Å². The Hall–Kier alpha value is -2.23. The normalized spacial score (nSPS) is 11.3. The summed E-state index contributed by atoms with van der Waals surface area (Å²) in [5.74, 6) is 0.723. The van der Waals surface area contributed by atoms with Crippen molar-refractivity contribution in [1.82, 2.24) is 10.2 Å². The molecule has 132 valence electrons. The van der Waals surface area contributed by atoms with Gasteiger partial charge in [-0.1, -0.05) is 11.6 Å². The van der Waals surface area contributed by atoms with Gasteiger partial charge in [0.25, 0.3) is 10.0 Å². The van der Waals surface area contributed by atoms with Crippen molar-refractivity contribution in [2.45, 2.75) is 4.21 Å². The molecule has 1 aromatic carbocycles. The number of aromatic nitrogens is 2. The molecule has 25 heavy (non-hydrogen) atoms. The van der Waals surface area contributed by atoms with Gasteiger partial charge in [-0.15, -0.1) is 11.3 Å². The predicted octanol–water partition coefficient (Wildman–Crippen LogP) is 3.61. The van der Waals surface area contributed by atoms with Gasteiger partial charge in [-0.05, 0) is 18.2 Å². The lowest BCUT2D eigenvalue weighted by Crippen LogP contribution is -2.12. The second kappa shape index (κ2) is 6.95. The molecule has 0 radical (unpaired) electrons. The van der Waals surface area contributed by atoms with Crippen LogP contribution < -0.4 is 14.2 Å². The van der Waals surface area contributed by atoms with Crippen LogP contribution in [0, 0.1) is 0 Å². The molecular weight excluding hydrogens is 386 g/mol. The molecule has 0 aliphatic rings. The molecule has 0 saturated carbocycles. The van der Waals surface area contributed by atoms with Crippen molar-refractivity contribution in [3.05, 3.63) is 41.6 Å². The van der Waals surface area contributed by atoms with E-state index in [9.17, 15) is 8.42 Å². The van der Waals surface area contributed by atoms with Gasteiger partial charge in [0.15, 0.2) is 0 Å². The standard InChI is InChI=1S/C15H14ClN3O4S2/c1-22-9-7-10(16)15(12(8-9)23-2)19-25(20,21)14-4-3-13(24-14)11-5-6-17-18-11/h3-8,19H,1-2H3,(H,17,18). The number of anilines is 1. The molecule has 0 atom stereocenters. The van der Waals surface area contributed by atoms with Gasteiger partial charge >= 0.3 is 0 Å². The van der Waals surface area contributed by atoms with Crippen LogP contribution in [0.1, 0.15) is 0 Å². The molecule has 10 heteroatoms.